The predicted octanol–water partition coefficient (Wildman–Crippen LogP) is 4.74. The molecule has 5 nitrogen and oxygen atoms in total. The third-order valence-electron chi connectivity index (χ3n) is 4.48. The highest BCUT2D eigenvalue weighted by Crippen LogP contribution is 2.39. The molecule has 0 radical (unpaired) electrons. The van der Waals surface area contributed by atoms with E-state index < -0.39 is 0 Å². The largest absolute Gasteiger partial charge is 0.487 e. The Bertz CT molecular complexity index is 784. The molecular weight excluding hydrogens is 471 g/mol. The van der Waals surface area contributed by atoms with Crippen molar-refractivity contribution in [2.24, 2.45) is 4.99 Å². The van der Waals surface area contributed by atoms with Crippen molar-refractivity contribution >= 4 is 41.3 Å². The number of halogens is 1. The highest BCUT2D eigenvalue weighted by atomic mass is 127. The van der Waals surface area contributed by atoms with E-state index in [2.05, 4.69) is 55.4 Å². The van der Waals surface area contributed by atoms with Crippen molar-refractivity contribution in [1.82, 2.24) is 15.6 Å². The molecular formula is C20H29IN4OS. The highest BCUT2D eigenvalue weighted by molar-refractivity contribution is 14.0. The number of benzene rings is 1. The number of aliphatic imine (C=N–C) groups is 1. The third-order valence-corrected chi connectivity index (χ3v) is 5.53. The van der Waals surface area contributed by atoms with Crippen LogP contribution in [-0.4, -0.2) is 23.1 Å². The Kier molecular flexibility index (Phi) is 7.50. The first-order chi connectivity index (χ1) is 12.4. The summed E-state index contributed by atoms with van der Waals surface area (Å²) < 4.78 is 6.13. The maximum Gasteiger partial charge on any atom is 0.192 e. The number of rotatable bonds is 4. The molecule has 1 aliphatic rings. The summed E-state index contributed by atoms with van der Waals surface area (Å²) in [4.78, 5) is 10.6. The third kappa shape index (κ3) is 5.57. The lowest BCUT2D eigenvalue weighted by Crippen LogP contribution is -2.45. The van der Waals surface area contributed by atoms with Crippen LogP contribution in [0.2, 0.25) is 0 Å². The summed E-state index contributed by atoms with van der Waals surface area (Å²) in [6.45, 7) is 11.9. The smallest absolute Gasteiger partial charge is 0.192 e. The summed E-state index contributed by atoms with van der Waals surface area (Å²) in [6.07, 6.45) is 0.879. The van der Waals surface area contributed by atoms with Crippen LogP contribution >= 0.6 is 35.3 Å². The fourth-order valence-corrected chi connectivity index (χ4v) is 4.03. The number of aromatic nitrogens is 1. The van der Waals surface area contributed by atoms with E-state index in [9.17, 15) is 0 Å². The molecule has 0 bridgehead atoms. The number of guanidine groups is 1. The van der Waals surface area contributed by atoms with Crippen LogP contribution in [0.1, 0.15) is 54.4 Å². The number of ether oxygens (including phenoxy) is 1. The van der Waals surface area contributed by atoms with Gasteiger partial charge in [-0.05, 0) is 40.7 Å². The monoisotopic (exact) mass is 500 g/mol. The number of para-hydroxylation sites is 1. The normalized spacial score (nSPS) is 18.1. The molecule has 1 atom stereocenters. The van der Waals surface area contributed by atoms with Crippen LogP contribution in [0.4, 0.5) is 0 Å². The summed E-state index contributed by atoms with van der Waals surface area (Å²) in [6, 6.07) is 8.40. The molecule has 1 unspecified atom stereocenters. The topological polar surface area (TPSA) is 58.5 Å². The van der Waals surface area contributed by atoms with Crippen molar-refractivity contribution in [2.45, 2.75) is 59.2 Å². The second-order valence-electron chi connectivity index (χ2n) is 7.24. The number of hydrogen-bond acceptors (Lipinski definition) is 4. The molecule has 0 fully saturated rings. The van der Waals surface area contributed by atoms with E-state index >= 15 is 0 Å². The SMILES string of the molecule is CCNC(=NCc1nc(C)c(C)s1)NC1CC(C)(C)Oc2ccccc21.I. The second-order valence-corrected chi connectivity index (χ2v) is 8.53. The van der Waals surface area contributed by atoms with Gasteiger partial charge >= 0.3 is 0 Å². The lowest BCUT2D eigenvalue weighted by Gasteiger charge is -2.38. The van der Waals surface area contributed by atoms with Crippen LogP contribution in [0.3, 0.4) is 0 Å². The van der Waals surface area contributed by atoms with Crippen molar-refractivity contribution < 1.29 is 4.74 Å². The van der Waals surface area contributed by atoms with Gasteiger partial charge in [0.1, 0.15) is 16.4 Å². The zero-order chi connectivity index (χ0) is 18.7. The minimum atomic E-state index is -0.215. The Morgan fingerprint density at radius 1 is 1.33 bits per heavy atom. The lowest BCUT2D eigenvalue weighted by atomic mass is 9.90. The van der Waals surface area contributed by atoms with Gasteiger partial charge in [-0.25, -0.2) is 9.98 Å². The van der Waals surface area contributed by atoms with Crippen LogP contribution < -0.4 is 15.4 Å². The molecule has 2 aromatic rings. The summed E-state index contributed by atoms with van der Waals surface area (Å²) in [5.41, 5.74) is 2.06. The van der Waals surface area contributed by atoms with Gasteiger partial charge in [0.2, 0.25) is 0 Å². The molecule has 7 heteroatoms. The van der Waals surface area contributed by atoms with Crippen LogP contribution in [0, 0.1) is 13.8 Å². The summed E-state index contributed by atoms with van der Waals surface area (Å²) in [5, 5.41) is 8.00. The van der Waals surface area contributed by atoms with Gasteiger partial charge in [-0.15, -0.1) is 35.3 Å². The van der Waals surface area contributed by atoms with E-state index in [4.69, 9.17) is 9.73 Å². The van der Waals surface area contributed by atoms with Crippen LogP contribution in [0.25, 0.3) is 0 Å². The first kappa shape index (κ1) is 21.9. The molecule has 1 aromatic heterocycles. The Hall–Kier alpha value is -1.35. The lowest BCUT2D eigenvalue weighted by molar-refractivity contribution is 0.0694. The van der Waals surface area contributed by atoms with Crippen molar-refractivity contribution in [3.63, 3.8) is 0 Å². The molecule has 148 valence electrons. The minimum Gasteiger partial charge on any atom is -0.487 e. The van der Waals surface area contributed by atoms with Gasteiger partial charge in [0.05, 0.1) is 18.3 Å². The molecule has 1 aliphatic heterocycles. The summed E-state index contributed by atoms with van der Waals surface area (Å²) in [7, 11) is 0. The van der Waals surface area contributed by atoms with E-state index in [-0.39, 0.29) is 35.6 Å². The quantitative estimate of drug-likeness (QED) is 0.362. The maximum absolute atomic E-state index is 6.13. The Morgan fingerprint density at radius 2 is 2.07 bits per heavy atom. The maximum atomic E-state index is 6.13. The van der Waals surface area contributed by atoms with Crippen molar-refractivity contribution in [3.05, 3.63) is 45.4 Å². The first-order valence-electron chi connectivity index (χ1n) is 9.13. The summed E-state index contributed by atoms with van der Waals surface area (Å²) >= 11 is 1.72. The number of aryl methyl sites for hydroxylation is 2. The van der Waals surface area contributed by atoms with Gasteiger partial charge in [0.15, 0.2) is 5.96 Å². The van der Waals surface area contributed by atoms with Crippen LogP contribution in [0.15, 0.2) is 29.3 Å². The predicted molar refractivity (Wildman–Crippen MR) is 123 cm³/mol. The molecule has 0 saturated carbocycles. The molecule has 0 aliphatic carbocycles. The Labute approximate surface area is 183 Å². The van der Waals surface area contributed by atoms with E-state index in [1.54, 1.807) is 11.3 Å². The molecule has 27 heavy (non-hydrogen) atoms. The van der Waals surface area contributed by atoms with Gasteiger partial charge in [-0.3, -0.25) is 0 Å². The van der Waals surface area contributed by atoms with E-state index in [0.29, 0.717) is 6.54 Å². The molecule has 1 aromatic carbocycles. The molecule has 0 spiro atoms. The number of nitrogens with zero attached hydrogens (tertiary/aromatic N) is 2. The van der Waals surface area contributed by atoms with E-state index in [1.165, 1.54) is 10.4 Å². The number of thiazole rings is 1. The van der Waals surface area contributed by atoms with Crippen molar-refractivity contribution in [2.75, 3.05) is 6.54 Å². The zero-order valence-electron chi connectivity index (χ0n) is 16.6. The van der Waals surface area contributed by atoms with E-state index in [0.717, 1.165) is 35.4 Å². The molecule has 0 amide bonds. The minimum absolute atomic E-state index is 0. The Balaban J connectivity index is 0.00000261. The fraction of sp³-hybridized carbons (Fsp3) is 0.500. The number of nitrogens with one attached hydrogen (secondary N) is 2. The van der Waals surface area contributed by atoms with Gasteiger partial charge in [-0.1, -0.05) is 18.2 Å². The molecule has 2 N–H and O–H groups in total. The first-order valence-corrected chi connectivity index (χ1v) is 9.95. The number of fused-ring (bicyclic) bond motifs is 1. The van der Waals surface area contributed by atoms with Gasteiger partial charge in [-0.2, -0.15) is 0 Å². The average molecular weight is 500 g/mol. The molecule has 0 saturated heterocycles. The number of hydrogen-bond donors (Lipinski definition) is 2. The Morgan fingerprint density at radius 3 is 2.74 bits per heavy atom. The highest BCUT2D eigenvalue weighted by Gasteiger charge is 2.33. The average Bonchev–Trinajstić information content (AvgIpc) is 2.90. The van der Waals surface area contributed by atoms with Crippen LogP contribution in [0.5, 0.6) is 5.75 Å². The van der Waals surface area contributed by atoms with E-state index in [1.807, 2.05) is 19.1 Å². The fourth-order valence-electron chi connectivity index (χ4n) is 3.17. The van der Waals surface area contributed by atoms with Crippen LogP contribution in [-0.2, 0) is 6.54 Å². The van der Waals surface area contributed by atoms with Crippen molar-refractivity contribution in [1.29, 1.82) is 0 Å². The zero-order valence-corrected chi connectivity index (χ0v) is 19.8. The van der Waals surface area contributed by atoms with Gasteiger partial charge < -0.3 is 15.4 Å². The second kappa shape index (κ2) is 9.23. The molecule has 3 rings (SSSR count). The van der Waals surface area contributed by atoms with Gasteiger partial charge in [0, 0.05) is 23.4 Å². The summed E-state index contributed by atoms with van der Waals surface area (Å²) in [5.74, 6) is 1.76. The van der Waals surface area contributed by atoms with Crippen molar-refractivity contribution in [3.8, 4) is 5.75 Å². The standard InChI is InChI=1S/C20H28N4OS.HI/c1-6-21-19(22-12-18-23-13(2)14(3)26-18)24-16-11-20(4,5)25-17-10-8-7-9-15(16)17;/h7-10,16H,6,11-12H2,1-5H3,(H2,21,22,24);1H. The van der Waals surface area contributed by atoms with Gasteiger partial charge in [0.25, 0.3) is 0 Å². The molecule has 2 heterocycles.